The van der Waals surface area contributed by atoms with E-state index in [1.54, 1.807) is 12.1 Å². The molecule has 5 heteroatoms. The first-order valence-electron chi connectivity index (χ1n) is 5.84. The number of carbonyl (C=O) groups is 2. The van der Waals surface area contributed by atoms with Crippen molar-refractivity contribution in [1.29, 1.82) is 0 Å². The monoisotopic (exact) mass is 248 g/mol. The summed E-state index contributed by atoms with van der Waals surface area (Å²) in [6.07, 6.45) is 0.218. The van der Waals surface area contributed by atoms with E-state index in [2.05, 4.69) is 0 Å². The van der Waals surface area contributed by atoms with Gasteiger partial charge in [-0.15, -0.1) is 0 Å². The average Bonchev–Trinajstić information content (AvgIpc) is 2.61. The van der Waals surface area contributed by atoms with Crippen LogP contribution in [0.25, 0.3) is 0 Å². The number of hydrogen-bond donors (Lipinski definition) is 2. The number of hydrogen-bond acceptors (Lipinski definition) is 3. The first-order chi connectivity index (χ1) is 8.50. The zero-order chi connectivity index (χ0) is 13.3. The number of likely N-dealkylation sites (tertiary alicyclic amines) is 1. The van der Waals surface area contributed by atoms with Crippen molar-refractivity contribution in [3.05, 3.63) is 35.4 Å². The molecule has 2 rings (SSSR count). The Bertz CT molecular complexity index is 487. The Labute approximate surface area is 105 Å². The first-order valence-corrected chi connectivity index (χ1v) is 5.84. The SMILES string of the molecule is Cc1ccccc1C(C(=O)O)N1CC(N)CC1=O. The lowest BCUT2D eigenvalue weighted by Crippen LogP contribution is -2.37. The quantitative estimate of drug-likeness (QED) is 0.824. The number of nitrogens with two attached hydrogens (primary N) is 1. The van der Waals surface area contributed by atoms with Crippen LogP contribution in [0, 0.1) is 6.92 Å². The van der Waals surface area contributed by atoms with Crippen LogP contribution in [0.5, 0.6) is 0 Å². The highest BCUT2D eigenvalue weighted by atomic mass is 16.4. The Morgan fingerprint density at radius 3 is 2.67 bits per heavy atom. The summed E-state index contributed by atoms with van der Waals surface area (Å²) in [6.45, 7) is 2.13. The van der Waals surface area contributed by atoms with Crippen molar-refractivity contribution in [2.24, 2.45) is 5.73 Å². The van der Waals surface area contributed by atoms with Crippen LogP contribution in [0.4, 0.5) is 0 Å². The molecule has 1 aliphatic rings. The van der Waals surface area contributed by atoms with E-state index < -0.39 is 12.0 Å². The molecule has 0 aromatic heterocycles. The van der Waals surface area contributed by atoms with Crippen LogP contribution in [0.3, 0.4) is 0 Å². The third kappa shape index (κ3) is 2.22. The molecule has 0 radical (unpaired) electrons. The van der Waals surface area contributed by atoms with Crippen LogP contribution >= 0.6 is 0 Å². The van der Waals surface area contributed by atoms with Crippen LogP contribution in [0.1, 0.15) is 23.6 Å². The summed E-state index contributed by atoms with van der Waals surface area (Å²) in [5.41, 5.74) is 7.22. The van der Waals surface area contributed by atoms with E-state index in [0.717, 1.165) is 5.56 Å². The third-order valence-corrected chi connectivity index (χ3v) is 3.22. The third-order valence-electron chi connectivity index (χ3n) is 3.22. The van der Waals surface area contributed by atoms with Gasteiger partial charge in [0.05, 0.1) is 0 Å². The van der Waals surface area contributed by atoms with E-state index in [4.69, 9.17) is 5.73 Å². The maximum Gasteiger partial charge on any atom is 0.331 e. The van der Waals surface area contributed by atoms with Crippen LogP contribution in [0.15, 0.2) is 24.3 Å². The van der Waals surface area contributed by atoms with Crippen LogP contribution in [0.2, 0.25) is 0 Å². The highest BCUT2D eigenvalue weighted by Gasteiger charge is 2.37. The largest absolute Gasteiger partial charge is 0.479 e. The molecule has 1 heterocycles. The van der Waals surface area contributed by atoms with Crippen molar-refractivity contribution in [2.75, 3.05) is 6.54 Å². The lowest BCUT2D eigenvalue weighted by molar-refractivity contribution is -0.148. The molecule has 1 fully saturated rings. The van der Waals surface area contributed by atoms with Crippen LogP contribution < -0.4 is 5.73 Å². The minimum atomic E-state index is -1.02. The Morgan fingerprint density at radius 1 is 1.50 bits per heavy atom. The predicted octanol–water partition coefficient (Wildman–Crippen LogP) is 0.680. The summed E-state index contributed by atoms with van der Waals surface area (Å²) in [7, 11) is 0. The number of amides is 1. The minimum absolute atomic E-state index is 0.196. The number of nitrogens with zero attached hydrogens (tertiary/aromatic N) is 1. The summed E-state index contributed by atoms with van der Waals surface area (Å²) in [5, 5.41) is 9.38. The van der Waals surface area contributed by atoms with Gasteiger partial charge in [0.2, 0.25) is 5.91 Å². The minimum Gasteiger partial charge on any atom is -0.479 e. The summed E-state index contributed by atoms with van der Waals surface area (Å²) < 4.78 is 0. The topological polar surface area (TPSA) is 83.6 Å². The molecule has 1 saturated heterocycles. The van der Waals surface area contributed by atoms with Gasteiger partial charge in [0, 0.05) is 19.0 Å². The van der Waals surface area contributed by atoms with E-state index >= 15 is 0 Å². The number of carboxylic acid groups (broad SMARTS) is 1. The zero-order valence-corrected chi connectivity index (χ0v) is 10.2. The molecule has 1 aromatic rings. The first kappa shape index (κ1) is 12.6. The number of aryl methyl sites for hydroxylation is 1. The van der Waals surface area contributed by atoms with Gasteiger partial charge in [-0.25, -0.2) is 4.79 Å². The highest BCUT2D eigenvalue weighted by molar-refractivity contribution is 5.86. The van der Waals surface area contributed by atoms with Gasteiger partial charge < -0.3 is 15.7 Å². The molecule has 1 aromatic carbocycles. The molecule has 0 bridgehead atoms. The molecule has 1 aliphatic heterocycles. The second-order valence-electron chi connectivity index (χ2n) is 4.61. The molecule has 2 atom stereocenters. The van der Waals surface area contributed by atoms with Crippen molar-refractivity contribution in [1.82, 2.24) is 4.90 Å². The number of rotatable bonds is 3. The summed E-state index contributed by atoms with van der Waals surface area (Å²) >= 11 is 0. The Morgan fingerprint density at radius 2 is 2.17 bits per heavy atom. The number of benzene rings is 1. The number of aliphatic carboxylic acids is 1. The van der Waals surface area contributed by atoms with Crippen molar-refractivity contribution in [3.63, 3.8) is 0 Å². The molecule has 2 unspecified atom stereocenters. The molecular formula is C13H16N2O3. The summed E-state index contributed by atoms with van der Waals surface area (Å²) in [6, 6.07) is 5.99. The molecule has 0 saturated carbocycles. The fourth-order valence-electron chi connectivity index (χ4n) is 2.34. The predicted molar refractivity (Wildman–Crippen MR) is 65.9 cm³/mol. The van der Waals surface area contributed by atoms with Gasteiger partial charge >= 0.3 is 5.97 Å². The lowest BCUT2D eigenvalue weighted by atomic mass is 10.0. The molecular weight excluding hydrogens is 232 g/mol. The van der Waals surface area contributed by atoms with E-state index in [1.165, 1.54) is 4.90 Å². The van der Waals surface area contributed by atoms with Gasteiger partial charge in [-0.1, -0.05) is 24.3 Å². The molecule has 3 N–H and O–H groups in total. The standard InChI is InChI=1S/C13H16N2O3/c1-8-4-2-3-5-10(8)12(13(17)18)15-7-9(14)6-11(15)16/h2-5,9,12H,6-7,14H2,1H3,(H,17,18). The van der Waals surface area contributed by atoms with Gasteiger partial charge in [-0.3, -0.25) is 4.79 Å². The Hall–Kier alpha value is -1.88. The summed E-state index contributed by atoms with van der Waals surface area (Å²) in [4.78, 5) is 24.6. The van der Waals surface area contributed by atoms with Gasteiger partial charge in [-0.2, -0.15) is 0 Å². The number of carboxylic acids is 1. The fraction of sp³-hybridized carbons (Fsp3) is 0.385. The highest BCUT2D eigenvalue weighted by Crippen LogP contribution is 2.28. The maximum atomic E-state index is 11.8. The molecule has 0 spiro atoms. The van der Waals surface area contributed by atoms with Crippen LogP contribution in [-0.2, 0) is 9.59 Å². The molecule has 0 aliphatic carbocycles. The van der Waals surface area contributed by atoms with E-state index in [0.29, 0.717) is 12.1 Å². The Kier molecular flexibility index (Phi) is 3.34. The normalized spacial score (nSPS) is 21.1. The Balaban J connectivity index is 2.38. The van der Waals surface area contributed by atoms with E-state index in [9.17, 15) is 14.7 Å². The number of carbonyl (C=O) groups excluding carboxylic acids is 1. The van der Waals surface area contributed by atoms with Crippen molar-refractivity contribution in [2.45, 2.75) is 25.4 Å². The molecule has 5 nitrogen and oxygen atoms in total. The van der Waals surface area contributed by atoms with Gasteiger partial charge in [0.1, 0.15) is 0 Å². The van der Waals surface area contributed by atoms with E-state index in [1.807, 2.05) is 19.1 Å². The lowest BCUT2D eigenvalue weighted by Gasteiger charge is -2.26. The van der Waals surface area contributed by atoms with E-state index in [-0.39, 0.29) is 18.4 Å². The average molecular weight is 248 g/mol. The van der Waals surface area contributed by atoms with Gasteiger partial charge in [0.25, 0.3) is 0 Å². The fourth-order valence-corrected chi connectivity index (χ4v) is 2.34. The second kappa shape index (κ2) is 4.78. The van der Waals surface area contributed by atoms with Crippen molar-refractivity contribution >= 4 is 11.9 Å². The van der Waals surface area contributed by atoms with Crippen molar-refractivity contribution in [3.8, 4) is 0 Å². The van der Waals surface area contributed by atoms with Gasteiger partial charge in [0.15, 0.2) is 6.04 Å². The van der Waals surface area contributed by atoms with Gasteiger partial charge in [-0.05, 0) is 18.1 Å². The second-order valence-corrected chi connectivity index (χ2v) is 4.61. The molecule has 1 amide bonds. The smallest absolute Gasteiger partial charge is 0.331 e. The summed E-state index contributed by atoms with van der Waals surface area (Å²) in [5.74, 6) is -1.22. The molecule has 96 valence electrons. The molecule has 18 heavy (non-hydrogen) atoms. The maximum absolute atomic E-state index is 11.8. The van der Waals surface area contributed by atoms with Crippen molar-refractivity contribution < 1.29 is 14.7 Å². The zero-order valence-electron chi connectivity index (χ0n) is 10.2. The van der Waals surface area contributed by atoms with Crippen LogP contribution in [-0.4, -0.2) is 34.5 Å².